The molecule has 0 radical (unpaired) electrons. The van der Waals surface area contributed by atoms with Gasteiger partial charge in [-0.3, -0.25) is 4.79 Å². The zero-order chi connectivity index (χ0) is 20.8. The maximum atomic E-state index is 12.4. The summed E-state index contributed by atoms with van der Waals surface area (Å²) < 4.78 is 5.88. The fourth-order valence-corrected chi connectivity index (χ4v) is 4.40. The van der Waals surface area contributed by atoms with Gasteiger partial charge in [-0.05, 0) is 49.5 Å². The standard InChI is InChI=1S/C23H38O5/c1-5-14(3)23(27)28-21-13-19(26)11-16-8-7-15(4)20(22(16)21)10-9-18(25)12-17(24)6-2/h7-8,11,14-15,17-22,24-26H,5-6,9-10,12-13H2,1-4H3/t14-,15-,17?,18+,19+,20-,21?,22-/m0/s1. The molecule has 0 aliphatic heterocycles. The second kappa shape index (κ2) is 10.6. The van der Waals surface area contributed by atoms with E-state index in [9.17, 15) is 20.1 Å². The average molecular weight is 395 g/mol. The molecule has 2 aliphatic carbocycles. The van der Waals surface area contributed by atoms with Crippen LogP contribution in [0.4, 0.5) is 0 Å². The molecular formula is C23H38O5. The first kappa shape index (κ1) is 23.1. The van der Waals surface area contributed by atoms with Crippen LogP contribution in [0.3, 0.4) is 0 Å². The molecule has 2 unspecified atom stereocenters. The Morgan fingerprint density at radius 1 is 1.25 bits per heavy atom. The van der Waals surface area contributed by atoms with Gasteiger partial charge in [0.2, 0.25) is 0 Å². The van der Waals surface area contributed by atoms with Gasteiger partial charge >= 0.3 is 5.97 Å². The highest BCUT2D eigenvalue weighted by Crippen LogP contribution is 2.44. The highest BCUT2D eigenvalue weighted by atomic mass is 16.5. The molecule has 0 amide bonds. The number of hydrogen-bond acceptors (Lipinski definition) is 5. The van der Waals surface area contributed by atoms with E-state index in [4.69, 9.17) is 4.74 Å². The van der Waals surface area contributed by atoms with Gasteiger partial charge in [0, 0.05) is 12.3 Å². The Hall–Kier alpha value is -1.17. The first-order chi connectivity index (χ1) is 13.3. The molecule has 5 nitrogen and oxygen atoms in total. The largest absolute Gasteiger partial charge is 0.461 e. The normalized spacial score (nSPS) is 32.8. The lowest BCUT2D eigenvalue weighted by atomic mass is 9.66. The zero-order valence-corrected chi connectivity index (χ0v) is 17.8. The van der Waals surface area contributed by atoms with E-state index in [-0.39, 0.29) is 29.8 Å². The van der Waals surface area contributed by atoms with E-state index in [0.717, 1.165) is 18.4 Å². The van der Waals surface area contributed by atoms with Gasteiger partial charge in [0.15, 0.2) is 0 Å². The van der Waals surface area contributed by atoms with Crippen molar-refractivity contribution >= 4 is 5.97 Å². The quantitative estimate of drug-likeness (QED) is 0.522. The SMILES string of the molecule is CCC(O)C[C@H](O)CC[C@@H]1[C@@H]2C(=C[C@@H](O)CC2OC(=O)[C@@H](C)CC)C=C[C@@H]1C. The zero-order valence-electron chi connectivity index (χ0n) is 17.8. The predicted molar refractivity (Wildman–Crippen MR) is 109 cm³/mol. The van der Waals surface area contributed by atoms with Crippen molar-refractivity contribution in [2.75, 3.05) is 0 Å². The summed E-state index contributed by atoms with van der Waals surface area (Å²) in [6.07, 6.45) is 7.71. The Bertz CT molecular complexity index is 569. The minimum Gasteiger partial charge on any atom is -0.461 e. The van der Waals surface area contributed by atoms with Crippen LogP contribution in [0.25, 0.3) is 0 Å². The second-order valence-electron chi connectivity index (χ2n) is 8.69. The lowest BCUT2D eigenvalue weighted by Crippen LogP contribution is -2.43. The van der Waals surface area contributed by atoms with Crippen LogP contribution in [-0.2, 0) is 9.53 Å². The van der Waals surface area contributed by atoms with Crippen molar-refractivity contribution in [2.45, 2.75) is 90.6 Å². The van der Waals surface area contributed by atoms with Crippen LogP contribution in [0, 0.1) is 23.7 Å². The fraction of sp³-hybridized carbons (Fsp3) is 0.783. The van der Waals surface area contributed by atoms with Gasteiger partial charge in [0.1, 0.15) is 6.10 Å². The van der Waals surface area contributed by atoms with Gasteiger partial charge < -0.3 is 20.1 Å². The van der Waals surface area contributed by atoms with E-state index in [1.807, 2.05) is 26.8 Å². The number of carbonyl (C=O) groups is 1. The lowest BCUT2D eigenvalue weighted by Gasteiger charge is -2.43. The summed E-state index contributed by atoms with van der Waals surface area (Å²) in [5.41, 5.74) is 1.03. The smallest absolute Gasteiger partial charge is 0.308 e. The first-order valence-corrected chi connectivity index (χ1v) is 10.9. The van der Waals surface area contributed by atoms with Crippen molar-refractivity contribution in [1.29, 1.82) is 0 Å². The van der Waals surface area contributed by atoms with Gasteiger partial charge in [-0.25, -0.2) is 0 Å². The topological polar surface area (TPSA) is 87.0 Å². The molecule has 0 fully saturated rings. The summed E-state index contributed by atoms with van der Waals surface area (Å²) in [7, 11) is 0. The number of esters is 1. The lowest BCUT2D eigenvalue weighted by molar-refractivity contribution is -0.159. The molecule has 8 atom stereocenters. The molecule has 2 rings (SSSR count). The van der Waals surface area contributed by atoms with Crippen molar-refractivity contribution in [3.05, 3.63) is 23.8 Å². The van der Waals surface area contributed by atoms with Crippen LogP contribution in [0.1, 0.15) is 66.2 Å². The Kier molecular flexibility index (Phi) is 8.72. The summed E-state index contributed by atoms with van der Waals surface area (Å²) in [6, 6.07) is 0. The molecule has 0 aromatic rings. The molecule has 0 saturated heterocycles. The van der Waals surface area contributed by atoms with Gasteiger partial charge in [0.05, 0.1) is 24.2 Å². The van der Waals surface area contributed by atoms with Crippen molar-refractivity contribution in [3.63, 3.8) is 0 Å². The van der Waals surface area contributed by atoms with E-state index >= 15 is 0 Å². The third kappa shape index (κ3) is 5.91. The minimum absolute atomic E-state index is 0.0414. The van der Waals surface area contributed by atoms with Crippen molar-refractivity contribution < 1.29 is 24.9 Å². The molecule has 160 valence electrons. The number of aliphatic hydroxyl groups is 3. The van der Waals surface area contributed by atoms with E-state index in [0.29, 0.717) is 31.6 Å². The van der Waals surface area contributed by atoms with E-state index in [1.54, 1.807) is 0 Å². The van der Waals surface area contributed by atoms with Crippen LogP contribution < -0.4 is 0 Å². The molecule has 0 aromatic heterocycles. The Labute approximate surface area is 169 Å². The maximum absolute atomic E-state index is 12.4. The number of ether oxygens (including phenoxy) is 1. The van der Waals surface area contributed by atoms with E-state index in [1.165, 1.54) is 0 Å². The van der Waals surface area contributed by atoms with Gasteiger partial charge in [-0.1, -0.05) is 45.9 Å². The minimum atomic E-state index is -0.606. The van der Waals surface area contributed by atoms with Gasteiger partial charge in [-0.2, -0.15) is 0 Å². The summed E-state index contributed by atoms with van der Waals surface area (Å²) in [6.45, 7) is 7.90. The molecule has 0 spiro atoms. The van der Waals surface area contributed by atoms with Crippen LogP contribution in [0.2, 0.25) is 0 Å². The van der Waals surface area contributed by atoms with E-state index < -0.39 is 18.3 Å². The molecule has 5 heteroatoms. The number of fused-ring (bicyclic) bond motifs is 1. The van der Waals surface area contributed by atoms with Crippen molar-refractivity contribution in [2.24, 2.45) is 23.7 Å². The fourth-order valence-electron chi connectivity index (χ4n) is 4.40. The predicted octanol–water partition coefficient (Wildman–Crippen LogP) is 3.38. The van der Waals surface area contributed by atoms with Crippen molar-refractivity contribution in [1.82, 2.24) is 0 Å². The molecule has 28 heavy (non-hydrogen) atoms. The summed E-state index contributed by atoms with van der Waals surface area (Å²) in [5.74, 6) is 0.212. The number of hydrogen-bond donors (Lipinski definition) is 3. The Morgan fingerprint density at radius 2 is 1.96 bits per heavy atom. The molecule has 0 aromatic carbocycles. The molecular weight excluding hydrogens is 356 g/mol. The van der Waals surface area contributed by atoms with Gasteiger partial charge in [0.25, 0.3) is 0 Å². The van der Waals surface area contributed by atoms with Crippen LogP contribution in [0.5, 0.6) is 0 Å². The monoisotopic (exact) mass is 394 g/mol. The first-order valence-electron chi connectivity index (χ1n) is 10.9. The third-order valence-corrected chi connectivity index (χ3v) is 6.50. The van der Waals surface area contributed by atoms with Crippen LogP contribution in [-0.4, -0.2) is 45.7 Å². The molecule has 0 heterocycles. The highest BCUT2D eigenvalue weighted by Gasteiger charge is 2.42. The number of carbonyl (C=O) groups excluding carboxylic acids is 1. The average Bonchev–Trinajstić information content (AvgIpc) is 2.66. The van der Waals surface area contributed by atoms with E-state index in [2.05, 4.69) is 19.1 Å². The Balaban J connectivity index is 2.13. The molecule has 0 saturated carbocycles. The third-order valence-electron chi connectivity index (χ3n) is 6.50. The number of allylic oxidation sites excluding steroid dienone is 2. The van der Waals surface area contributed by atoms with Crippen LogP contribution >= 0.6 is 0 Å². The van der Waals surface area contributed by atoms with Crippen LogP contribution in [0.15, 0.2) is 23.8 Å². The molecule has 3 N–H and O–H groups in total. The number of rotatable bonds is 9. The summed E-state index contributed by atoms with van der Waals surface area (Å²) in [4.78, 5) is 12.4. The maximum Gasteiger partial charge on any atom is 0.308 e. The Morgan fingerprint density at radius 3 is 2.61 bits per heavy atom. The van der Waals surface area contributed by atoms with Crippen molar-refractivity contribution in [3.8, 4) is 0 Å². The molecule has 0 bridgehead atoms. The highest BCUT2D eigenvalue weighted by molar-refractivity contribution is 5.72. The summed E-state index contributed by atoms with van der Waals surface area (Å²) in [5, 5.41) is 30.3. The molecule has 2 aliphatic rings. The summed E-state index contributed by atoms with van der Waals surface area (Å²) >= 11 is 0. The number of aliphatic hydroxyl groups excluding tert-OH is 3. The van der Waals surface area contributed by atoms with Gasteiger partial charge in [-0.15, -0.1) is 0 Å². The second-order valence-corrected chi connectivity index (χ2v) is 8.69.